The van der Waals surface area contributed by atoms with Crippen LogP contribution in [0, 0.1) is 5.92 Å². The zero-order chi connectivity index (χ0) is 8.15. The van der Waals surface area contributed by atoms with E-state index in [-0.39, 0.29) is 4.83 Å². The molecule has 0 rings (SSSR count). The first-order valence-corrected chi connectivity index (χ1v) is 4.32. The molecule has 0 saturated heterocycles. The molecule has 3 heteroatoms. The third-order valence-electron chi connectivity index (χ3n) is 1.27. The number of rotatable bonds is 4. The van der Waals surface area contributed by atoms with E-state index >= 15 is 0 Å². The van der Waals surface area contributed by atoms with Gasteiger partial charge in [0.15, 0.2) is 0 Å². The first-order chi connectivity index (χ1) is 4.54. The smallest absolute Gasteiger partial charge is 0.317 e. The Morgan fingerprint density at radius 1 is 1.50 bits per heavy atom. The van der Waals surface area contributed by atoms with Gasteiger partial charge in [-0.25, -0.2) is 0 Å². The fourth-order valence-corrected chi connectivity index (χ4v) is 0.867. The Kier molecular flexibility index (Phi) is 4.69. The Hall–Kier alpha value is -0.0500. The van der Waals surface area contributed by atoms with Crippen molar-refractivity contribution in [2.75, 3.05) is 0 Å². The average molecular weight is 209 g/mol. The van der Waals surface area contributed by atoms with Gasteiger partial charge in [-0.2, -0.15) is 0 Å². The summed E-state index contributed by atoms with van der Waals surface area (Å²) in [6, 6.07) is 0. The van der Waals surface area contributed by atoms with Crippen molar-refractivity contribution in [2.45, 2.75) is 31.5 Å². The molecule has 0 amide bonds. The van der Waals surface area contributed by atoms with Crippen LogP contribution in [0.5, 0.6) is 0 Å². The number of halogens is 1. The quantitative estimate of drug-likeness (QED) is 0.721. The summed E-state index contributed by atoms with van der Waals surface area (Å²) in [5, 5.41) is 8.45. The Morgan fingerprint density at radius 2 is 2.00 bits per heavy atom. The normalized spacial score (nSPS) is 13.6. The molecule has 0 bridgehead atoms. The van der Waals surface area contributed by atoms with Crippen LogP contribution in [-0.4, -0.2) is 15.9 Å². The number of aliphatic carboxylic acids is 1. The van der Waals surface area contributed by atoms with Gasteiger partial charge in [0, 0.05) is 0 Å². The minimum Gasteiger partial charge on any atom is -0.480 e. The van der Waals surface area contributed by atoms with Crippen LogP contribution < -0.4 is 0 Å². The van der Waals surface area contributed by atoms with E-state index in [1.54, 1.807) is 0 Å². The first-order valence-electron chi connectivity index (χ1n) is 3.41. The second-order valence-electron chi connectivity index (χ2n) is 2.78. The zero-order valence-corrected chi connectivity index (χ0v) is 7.89. The molecule has 1 atom stereocenters. The van der Waals surface area contributed by atoms with Gasteiger partial charge in [0.25, 0.3) is 0 Å². The van der Waals surface area contributed by atoms with Gasteiger partial charge in [-0.3, -0.25) is 4.79 Å². The van der Waals surface area contributed by atoms with E-state index < -0.39 is 5.97 Å². The van der Waals surface area contributed by atoms with E-state index in [2.05, 4.69) is 29.8 Å². The van der Waals surface area contributed by atoms with Crippen molar-refractivity contribution in [2.24, 2.45) is 5.92 Å². The maximum Gasteiger partial charge on any atom is 0.317 e. The van der Waals surface area contributed by atoms with Crippen LogP contribution >= 0.6 is 15.9 Å². The van der Waals surface area contributed by atoms with Crippen LogP contribution in [0.2, 0.25) is 0 Å². The van der Waals surface area contributed by atoms with E-state index in [9.17, 15) is 4.79 Å². The molecule has 1 N–H and O–H groups in total. The summed E-state index contributed by atoms with van der Waals surface area (Å²) >= 11 is 3.07. The lowest BCUT2D eigenvalue weighted by molar-refractivity contribution is -0.136. The van der Waals surface area contributed by atoms with Gasteiger partial charge in [-0.15, -0.1) is 0 Å². The summed E-state index contributed by atoms with van der Waals surface area (Å²) in [7, 11) is 0. The molecule has 0 aromatic carbocycles. The van der Waals surface area contributed by atoms with Gasteiger partial charge in [0.2, 0.25) is 0 Å². The monoisotopic (exact) mass is 208 g/mol. The minimum absolute atomic E-state index is 0.366. The third-order valence-corrected chi connectivity index (χ3v) is 2.11. The van der Waals surface area contributed by atoms with E-state index in [4.69, 9.17) is 5.11 Å². The van der Waals surface area contributed by atoms with Crippen LogP contribution in [0.15, 0.2) is 0 Å². The van der Waals surface area contributed by atoms with Crippen LogP contribution in [0.3, 0.4) is 0 Å². The van der Waals surface area contributed by atoms with Crippen molar-refractivity contribution in [3.8, 4) is 0 Å². The predicted octanol–water partition coefficient (Wildman–Crippen LogP) is 2.27. The van der Waals surface area contributed by atoms with Crippen LogP contribution in [-0.2, 0) is 4.79 Å². The molecule has 2 nitrogen and oxygen atoms in total. The SMILES string of the molecule is CC(C)CC[C@H](Br)C(=O)O. The van der Waals surface area contributed by atoms with Gasteiger partial charge >= 0.3 is 5.97 Å². The molecule has 0 unspecified atom stereocenters. The molecule has 0 radical (unpaired) electrons. The van der Waals surface area contributed by atoms with Crippen LogP contribution in [0.4, 0.5) is 0 Å². The van der Waals surface area contributed by atoms with Crippen molar-refractivity contribution in [1.82, 2.24) is 0 Å². The lowest BCUT2D eigenvalue weighted by Gasteiger charge is -2.05. The number of carboxylic acids is 1. The van der Waals surface area contributed by atoms with Crippen molar-refractivity contribution >= 4 is 21.9 Å². The molecule has 10 heavy (non-hydrogen) atoms. The molecule has 0 saturated carbocycles. The number of hydrogen-bond acceptors (Lipinski definition) is 1. The van der Waals surface area contributed by atoms with E-state index in [0.717, 1.165) is 6.42 Å². The second-order valence-corrected chi connectivity index (χ2v) is 3.88. The van der Waals surface area contributed by atoms with Crippen molar-refractivity contribution in [1.29, 1.82) is 0 Å². The van der Waals surface area contributed by atoms with E-state index in [1.807, 2.05) is 0 Å². The summed E-state index contributed by atoms with van der Waals surface area (Å²) in [4.78, 5) is 9.90. The Balaban J connectivity index is 3.40. The molecule has 0 fully saturated rings. The van der Waals surface area contributed by atoms with Crippen molar-refractivity contribution < 1.29 is 9.90 Å². The topological polar surface area (TPSA) is 37.3 Å². The van der Waals surface area contributed by atoms with Crippen LogP contribution in [0.25, 0.3) is 0 Å². The maximum absolute atomic E-state index is 10.3. The van der Waals surface area contributed by atoms with Crippen LogP contribution in [0.1, 0.15) is 26.7 Å². The van der Waals surface area contributed by atoms with E-state index in [0.29, 0.717) is 12.3 Å². The van der Waals surface area contributed by atoms with Gasteiger partial charge in [-0.1, -0.05) is 29.8 Å². The number of hydrogen-bond donors (Lipinski definition) is 1. The molecule has 0 aliphatic heterocycles. The number of alkyl halides is 1. The lowest BCUT2D eigenvalue weighted by Crippen LogP contribution is -2.12. The highest BCUT2D eigenvalue weighted by molar-refractivity contribution is 9.10. The molecule has 0 heterocycles. The average Bonchev–Trinajstić information content (AvgIpc) is 1.82. The van der Waals surface area contributed by atoms with Gasteiger partial charge in [-0.05, 0) is 18.8 Å². The van der Waals surface area contributed by atoms with Crippen molar-refractivity contribution in [3.63, 3.8) is 0 Å². The summed E-state index contributed by atoms with van der Waals surface area (Å²) < 4.78 is 0. The number of carboxylic acid groups (broad SMARTS) is 1. The molecular formula is C7H13BrO2. The zero-order valence-electron chi connectivity index (χ0n) is 6.30. The molecule has 0 spiro atoms. The molecule has 0 aliphatic carbocycles. The Morgan fingerprint density at radius 3 is 2.30 bits per heavy atom. The van der Waals surface area contributed by atoms with Gasteiger partial charge in [0.05, 0.1) is 0 Å². The minimum atomic E-state index is -0.763. The lowest BCUT2D eigenvalue weighted by atomic mass is 10.1. The molecular weight excluding hydrogens is 196 g/mol. The highest BCUT2D eigenvalue weighted by Gasteiger charge is 2.12. The molecule has 60 valence electrons. The maximum atomic E-state index is 10.3. The molecule has 0 aromatic heterocycles. The summed E-state index contributed by atoms with van der Waals surface area (Å²) in [6.07, 6.45) is 1.68. The Bertz CT molecular complexity index is 112. The summed E-state index contributed by atoms with van der Waals surface area (Å²) in [5.74, 6) is -0.181. The largest absolute Gasteiger partial charge is 0.480 e. The van der Waals surface area contributed by atoms with Gasteiger partial charge < -0.3 is 5.11 Å². The molecule has 0 aliphatic rings. The fraction of sp³-hybridized carbons (Fsp3) is 0.857. The second kappa shape index (κ2) is 4.72. The molecule has 0 aromatic rings. The predicted molar refractivity (Wildman–Crippen MR) is 44.4 cm³/mol. The third kappa shape index (κ3) is 4.79. The standard InChI is InChI=1S/C7H13BrO2/c1-5(2)3-4-6(8)7(9)10/h5-6H,3-4H2,1-2H3,(H,9,10)/t6-/m0/s1. The Labute approximate surface area is 69.8 Å². The fourth-order valence-electron chi connectivity index (χ4n) is 0.603. The summed E-state index contributed by atoms with van der Waals surface area (Å²) in [5.41, 5.74) is 0. The van der Waals surface area contributed by atoms with E-state index in [1.165, 1.54) is 0 Å². The highest BCUT2D eigenvalue weighted by Crippen LogP contribution is 2.12. The van der Waals surface area contributed by atoms with Gasteiger partial charge in [0.1, 0.15) is 4.83 Å². The van der Waals surface area contributed by atoms with Crippen molar-refractivity contribution in [3.05, 3.63) is 0 Å². The highest BCUT2D eigenvalue weighted by atomic mass is 79.9. The summed E-state index contributed by atoms with van der Waals surface area (Å²) in [6.45, 7) is 4.17. The first kappa shape index (κ1) is 9.95. The number of carbonyl (C=O) groups is 1.